The Hall–Kier alpha value is 0.250. The molecule has 0 fully saturated rings. The summed E-state index contributed by atoms with van der Waals surface area (Å²) in [5, 5.41) is 3.74. The zero-order valence-corrected chi connectivity index (χ0v) is 9.32. The predicted molar refractivity (Wildman–Crippen MR) is 56.9 cm³/mol. The average molecular weight is 192 g/mol. The first-order valence-corrected chi connectivity index (χ1v) is 5.49. The van der Waals surface area contributed by atoms with Crippen LogP contribution in [0.2, 0.25) is 0 Å². The Balaban J connectivity index is 3.17. The van der Waals surface area contributed by atoms with Gasteiger partial charge in [-0.15, -0.1) is 11.6 Å². The maximum Gasteiger partial charge on any atom is 0.0319 e. The largest absolute Gasteiger partial charge is 0.316 e. The van der Waals surface area contributed by atoms with Crippen molar-refractivity contribution in [3.05, 3.63) is 0 Å². The molecule has 0 amide bonds. The molecule has 0 aromatic heterocycles. The molecule has 0 rings (SSSR count). The van der Waals surface area contributed by atoms with Crippen molar-refractivity contribution in [2.45, 2.75) is 45.4 Å². The lowest BCUT2D eigenvalue weighted by molar-refractivity contribution is 0.447. The molecule has 0 aromatic carbocycles. The van der Waals surface area contributed by atoms with E-state index in [4.69, 9.17) is 11.6 Å². The van der Waals surface area contributed by atoms with Crippen molar-refractivity contribution in [2.24, 2.45) is 5.92 Å². The molecule has 1 nitrogen and oxygen atoms in total. The zero-order chi connectivity index (χ0) is 9.40. The third-order valence-corrected chi connectivity index (χ3v) is 2.52. The zero-order valence-electron chi connectivity index (χ0n) is 8.57. The average Bonchev–Trinajstić information content (AvgIpc) is 2.04. The lowest BCUT2D eigenvalue weighted by Crippen LogP contribution is -2.24. The predicted octanol–water partition coefficient (Wildman–Crippen LogP) is 3.03. The van der Waals surface area contributed by atoms with Crippen LogP contribution in [0.3, 0.4) is 0 Å². The Kier molecular flexibility index (Phi) is 8.04. The summed E-state index contributed by atoms with van der Waals surface area (Å²) in [5.74, 6) is 0.843. The van der Waals surface area contributed by atoms with Gasteiger partial charge in [0.2, 0.25) is 0 Å². The van der Waals surface area contributed by atoms with Crippen molar-refractivity contribution in [3.63, 3.8) is 0 Å². The smallest absolute Gasteiger partial charge is 0.0319 e. The molecule has 0 aliphatic rings. The molecule has 0 aliphatic carbocycles. The minimum Gasteiger partial charge on any atom is -0.316 e. The number of hydrogen-bond donors (Lipinski definition) is 1. The van der Waals surface area contributed by atoms with Crippen LogP contribution in [0, 0.1) is 5.92 Å². The standard InChI is InChI=1S/C10H22ClN/c1-4-10(5-2)8-12-7-6-9(3)11/h9-10,12H,4-8H2,1-3H3. The summed E-state index contributed by atoms with van der Waals surface area (Å²) in [4.78, 5) is 0. The fraction of sp³-hybridized carbons (Fsp3) is 1.00. The molecule has 0 saturated heterocycles. The summed E-state index contributed by atoms with van der Waals surface area (Å²) in [6.07, 6.45) is 3.63. The third-order valence-electron chi connectivity index (χ3n) is 2.31. The van der Waals surface area contributed by atoms with Gasteiger partial charge in [0.25, 0.3) is 0 Å². The van der Waals surface area contributed by atoms with Gasteiger partial charge in [-0.25, -0.2) is 0 Å². The van der Waals surface area contributed by atoms with E-state index in [9.17, 15) is 0 Å². The molecule has 12 heavy (non-hydrogen) atoms. The van der Waals surface area contributed by atoms with Gasteiger partial charge < -0.3 is 5.32 Å². The van der Waals surface area contributed by atoms with E-state index >= 15 is 0 Å². The second-order valence-electron chi connectivity index (χ2n) is 3.46. The number of alkyl halides is 1. The molecule has 0 aliphatic heterocycles. The molecule has 0 aromatic rings. The highest BCUT2D eigenvalue weighted by Gasteiger charge is 2.02. The Bertz CT molecular complexity index is 89.8. The second kappa shape index (κ2) is 7.88. The summed E-state index contributed by atoms with van der Waals surface area (Å²) < 4.78 is 0. The lowest BCUT2D eigenvalue weighted by atomic mass is 10.0. The topological polar surface area (TPSA) is 12.0 Å². The second-order valence-corrected chi connectivity index (χ2v) is 4.20. The van der Waals surface area contributed by atoms with Crippen molar-refractivity contribution in [1.82, 2.24) is 5.32 Å². The Morgan fingerprint density at radius 3 is 2.25 bits per heavy atom. The van der Waals surface area contributed by atoms with Crippen molar-refractivity contribution < 1.29 is 0 Å². The molecule has 0 radical (unpaired) electrons. The highest BCUT2D eigenvalue weighted by atomic mass is 35.5. The van der Waals surface area contributed by atoms with Crippen LogP contribution in [0.5, 0.6) is 0 Å². The van der Waals surface area contributed by atoms with Crippen molar-refractivity contribution in [3.8, 4) is 0 Å². The van der Waals surface area contributed by atoms with E-state index in [1.807, 2.05) is 6.92 Å². The molecular formula is C10H22ClN. The number of rotatable bonds is 7. The first-order valence-electron chi connectivity index (χ1n) is 5.05. The van der Waals surface area contributed by atoms with Gasteiger partial charge >= 0.3 is 0 Å². The SMILES string of the molecule is CCC(CC)CNCCC(C)Cl. The van der Waals surface area contributed by atoms with Gasteiger partial charge in [0, 0.05) is 5.38 Å². The molecule has 1 N–H and O–H groups in total. The Morgan fingerprint density at radius 2 is 1.83 bits per heavy atom. The van der Waals surface area contributed by atoms with Gasteiger partial charge in [0.15, 0.2) is 0 Å². The number of halogens is 1. The first-order chi connectivity index (χ1) is 5.70. The normalized spacial score (nSPS) is 13.8. The van der Waals surface area contributed by atoms with Gasteiger partial charge in [0.1, 0.15) is 0 Å². The van der Waals surface area contributed by atoms with Crippen LogP contribution in [0.15, 0.2) is 0 Å². The van der Waals surface area contributed by atoms with E-state index in [1.165, 1.54) is 12.8 Å². The van der Waals surface area contributed by atoms with Crippen LogP contribution in [-0.2, 0) is 0 Å². The maximum absolute atomic E-state index is 5.82. The molecule has 0 saturated carbocycles. The first kappa shape index (κ1) is 12.2. The summed E-state index contributed by atoms with van der Waals surface area (Å²) in [7, 11) is 0. The lowest BCUT2D eigenvalue weighted by Gasteiger charge is -2.13. The van der Waals surface area contributed by atoms with Crippen LogP contribution in [-0.4, -0.2) is 18.5 Å². The van der Waals surface area contributed by atoms with E-state index in [0.29, 0.717) is 5.38 Å². The van der Waals surface area contributed by atoms with Gasteiger partial charge in [0.05, 0.1) is 0 Å². The Labute approximate surface area is 81.9 Å². The molecule has 74 valence electrons. The van der Waals surface area contributed by atoms with Crippen molar-refractivity contribution in [1.29, 1.82) is 0 Å². The van der Waals surface area contributed by atoms with Gasteiger partial charge in [-0.3, -0.25) is 0 Å². The molecule has 0 heterocycles. The Morgan fingerprint density at radius 1 is 1.25 bits per heavy atom. The van der Waals surface area contributed by atoms with Crippen LogP contribution in [0.1, 0.15) is 40.0 Å². The number of nitrogens with one attached hydrogen (secondary N) is 1. The molecule has 0 bridgehead atoms. The van der Waals surface area contributed by atoms with E-state index in [0.717, 1.165) is 25.4 Å². The summed E-state index contributed by atoms with van der Waals surface area (Å²) in [5.41, 5.74) is 0. The van der Waals surface area contributed by atoms with Crippen molar-refractivity contribution >= 4 is 11.6 Å². The fourth-order valence-corrected chi connectivity index (χ4v) is 1.29. The van der Waals surface area contributed by atoms with Crippen LogP contribution in [0.4, 0.5) is 0 Å². The highest BCUT2D eigenvalue weighted by molar-refractivity contribution is 6.20. The number of hydrogen-bond acceptors (Lipinski definition) is 1. The molecule has 0 spiro atoms. The van der Waals surface area contributed by atoms with Gasteiger partial charge in [-0.05, 0) is 32.4 Å². The van der Waals surface area contributed by atoms with E-state index < -0.39 is 0 Å². The van der Waals surface area contributed by atoms with Gasteiger partial charge in [-0.1, -0.05) is 26.7 Å². The summed E-state index contributed by atoms with van der Waals surface area (Å²) >= 11 is 5.82. The minimum atomic E-state index is 0.305. The maximum atomic E-state index is 5.82. The van der Waals surface area contributed by atoms with E-state index in [-0.39, 0.29) is 0 Å². The third kappa shape index (κ3) is 6.93. The van der Waals surface area contributed by atoms with Crippen LogP contribution >= 0.6 is 11.6 Å². The minimum absolute atomic E-state index is 0.305. The van der Waals surface area contributed by atoms with Crippen molar-refractivity contribution in [2.75, 3.05) is 13.1 Å². The molecule has 1 unspecified atom stereocenters. The molecule has 1 atom stereocenters. The van der Waals surface area contributed by atoms with Crippen LogP contribution in [0.25, 0.3) is 0 Å². The molecule has 2 heteroatoms. The molecular weight excluding hydrogens is 170 g/mol. The quantitative estimate of drug-likeness (QED) is 0.482. The van der Waals surface area contributed by atoms with E-state index in [2.05, 4.69) is 19.2 Å². The monoisotopic (exact) mass is 191 g/mol. The van der Waals surface area contributed by atoms with Crippen LogP contribution < -0.4 is 5.32 Å². The van der Waals surface area contributed by atoms with E-state index in [1.54, 1.807) is 0 Å². The summed E-state index contributed by atoms with van der Waals surface area (Å²) in [6.45, 7) is 8.75. The highest BCUT2D eigenvalue weighted by Crippen LogP contribution is 2.05. The summed E-state index contributed by atoms with van der Waals surface area (Å²) in [6, 6.07) is 0. The fourth-order valence-electron chi connectivity index (χ4n) is 1.18. The van der Waals surface area contributed by atoms with Gasteiger partial charge in [-0.2, -0.15) is 0 Å².